The summed E-state index contributed by atoms with van der Waals surface area (Å²) in [5.74, 6) is 0.0542. The van der Waals surface area contributed by atoms with Crippen LogP contribution in [0.4, 0.5) is 0 Å². The molecule has 2 heterocycles. The van der Waals surface area contributed by atoms with E-state index in [-0.39, 0.29) is 5.91 Å². The Hall–Kier alpha value is -2.19. The molecule has 0 bridgehead atoms. The molecule has 0 N–H and O–H groups in total. The minimum atomic E-state index is -3.50. The number of aryl methyl sites for hydroxylation is 3. The fraction of sp³-hybridized carbons (Fsp3) is 0.444. The van der Waals surface area contributed by atoms with Gasteiger partial charge < -0.3 is 4.90 Å². The lowest BCUT2D eigenvalue weighted by Gasteiger charge is -2.34. The SMILES string of the molecule is Cc1ccc(S(=O)(=O)N2CCN(C(=O)CCc3ccnn3C)CC2)cc1. The van der Waals surface area contributed by atoms with E-state index >= 15 is 0 Å². The minimum Gasteiger partial charge on any atom is -0.340 e. The van der Waals surface area contributed by atoms with E-state index in [2.05, 4.69) is 5.10 Å². The van der Waals surface area contributed by atoms with Crippen LogP contribution in [0, 0.1) is 6.92 Å². The van der Waals surface area contributed by atoms with Crippen molar-refractivity contribution in [3.63, 3.8) is 0 Å². The summed E-state index contributed by atoms with van der Waals surface area (Å²) >= 11 is 0. The molecule has 140 valence electrons. The average Bonchev–Trinajstić information content (AvgIpc) is 3.05. The van der Waals surface area contributed by atoms with Crippen LogP contribution >= 0.6 is 0 Å². The second-order valence-corrected chi connectivity index (χ2v) is 8.48. The lowest BCUT2D eigenvalue weighted by molar-refractivity contribution is -0.132. The summed E-state index contributed by atoms with van der Waals surface area (Å²) in [4.78, 5) is 14.4. The van der Waals surface area contributed by atoms with Gasteiger partial charge in [-0.1, -0.05) is 17.7 Å². The van der Waals surface area contributed by atoms with E-state index in [0.717, 1.165) is 11.3 Å². The molecule has 1 aromatic carbocycles. The monoisotopic (exact) mass is 376 g/mol. The smallest absolute Gasteiger partial charge is 0.243 e. The molecule has 0 aliphatic carbocycles. The van der Waals surface area contributed by atoms with Gasteiger partial charge >= 0.3 is 0 Å². The van der Waals surface area contributed by atoms with Crippen molar-refractivity contribution >= 4 is 15.9 Å². The molecule has 1 fully saturated rings. The summed E-state index contributed by atoms with van der Waals surface area (Å²) in [6.07, 6.45) is 2.76. The Morgan fingerprint density at radius 2 is 1.73 bits per heavy atom. The van der Waals surface area contributed by atoms with Crippen molar-refractivity contribution in [1.82, 2.24) is 19.0 Å². The normalized spacial score (nSPS) is 16.0. The van der Waals surface area contributed by atoms with Crippen LogP contribution in [0.1, 0.15) is 17.7 Å². The van der Waals surface area contributed by atoms with Crippen LogP contribution in [-0.2, 0) is 28.3 Å². The molecule has 1 aromatic heterocycles. The Bertz CT molecular complexity index is 866. The molecule has 1 amide bonds. The van der Waals surface area contributed by atoms with Gasteiger partial charge in [0, 0.05) is 51.5 Å². The van der Waals surface area contributed by atoms with Crippen molar-refractivity contribution in [2.75, 3.05) is 26.2 Å². The van der Waals surface area contributed by atoms with Crippen LogP contribution in [0.2, 0.25) is 0 Å². The number of piperazine rings is 1. The minimum absolute atomic E-state index is 0.0542. The molecule has 1 aliphatic rings. The topological polar surface area (TPSA) is 75.5 Å². The first-order valence-corrected chi connectivity index (χ1v) is 10.1. The van der Waals surface area contributed by atoms with Crippen LogP contribution in [0.5, 0.6) is 0 Å². The summed E-state index contributed by atoms with van der Waals surface area (Å²) in [5, 5.41) is 4.10. The highest BCUT2D eigenvalue weighted by Gasteiger charge is 2.29. The fourth-order valence-corrected chi connectivity index (χ4v) is 4.50. The highest BCUT2D eigenvalue weighted by atomic mass is 32.2. The van der Waals surface area contributed by atoms with Gasteiger partial charge in [0.1, 0.15) is 0 Å². The average molecular weight is 376 g/mol. The maximum Gasteiger partial charge on any atom is 0.243 e. The predicted octanol–water partition coefficient (Wildman–Crippen LogP) is 1.19. The fourth-order valence-electron chi connectivity index (χ4n) is 3.08. The molecule has 1 aliphatic heterocycles. The molecule has 0 saturated carbocycles. The van der Waals surface area contributed by atoms with E-state index in [1.807, 2.05) is 20.0 Å². The van der Waals surface area contributed by atoms with Gasteiger partial charge in [0.2, 0.25) is 15.9 Å². The third kappa shape index (κ3) is 3.96. The number of aromatic nitrogens is 2. The van der Waals surface area contributed by atoms with Crippen molar-refractivity contribution in [2.45, 2.75) is 24.7 Å². The Balaban J connectivity index is 1.55. The molecular formula is C18H24N4O3S. The zero-order valence-corrected chi connectivity index (χ0v) is 15.9. The molecule has 0 spiro atoms. The summed E-state index contributed by atoms with van der Waals surface area (Å²) in [5.41, 5.74) is 2.03. The van der Waals surface area contributed by atoms with E-state index in [4.69, 9.17) is 0 Å². The lowest BCUT2D eigenvalue weighted by Crippen LogP contribution is -2.50. The molecular weight excluding hydrogens is 352 g/mol. The molecule has 1 saturated heterocycles. The largest absolute Gasteiger partial charge is 0.340 e. The first kappa shape index (κ1) is 18.6. The molecule has 0 unspecified atom stereocenters. The number of carbonyl (C=O) groups is 1. The van der Waals surface area contributed by atoms with Crippen molar-refractivity contribution in [2.24, 2.45) is 7.05 Å². The molecule has 26 heavy (non-hydrogen) atoms. The molecule has 3 rings (SSSR count). The number of carbonyl (C=O) groups excluding carboxylic acids is 1. The summed E-state index contributed by atoms with van der Waals surface area (Å²) < 4.78 is 28.6. The van der Waals surface area contributed by atoms with E-state index in [0.29, 0.717) is 43.9 Å². The number of hydrogen-bond donors (Lipinski definition) is 0. The predicted molar refractivity (Wildman–Crippen MR) is 98.0 cm³/mol. The number of hydrogen-bond acceptors (Lipinski definition) is 4. The number of sulfonamides is 1. The van der Waals surface area contributed by atoms with Gasteiger partial charge in [-0.3, -0.25) is 9.48 Å². The Kier molecular flexibility index (Phi) is 5.43. The third-order valence-corrected chi connectivity index (χ3v) is 6.68. The summed E-state index contributed by atoms with van der Waals surface area (Å²) in [6, 6.07) is 8.77. The van der Waals surface area contributed by atoms with Gasteiger partial charge in [0.05, 0.1) is 4.90 Å². The van der Waals surface area contributed by atoms with Crippen LogP contribution in [-0.4, -0.2) is 59.5 Å². The second-order valence-electron chi connectivity index (χ2n) is 6.54. The highest BCUT2D eigenvalue weighted by Crippen LogP contribution is 2.18. The van der Waals surface area contributed by atoms with E-state index < -0.39 is 10.0 Å². The van der Waals surface area contributed by atoms with Crippen molar-refractivity contribution in [3.05, 3.63) is 47.8 Å². The number of benzene rings is 1. The van der Waals surface area contributed by atoms with E-state index in [1.165, 1.54) is 4.31 Å². The molecule has 2 aromatic rings. The first-order chi connectivity index (χ1) is 12.4. The molecule has 0 radical (unpaired) electrons. The third-order valence-electron chi connectivity index (χ3n) is 4.77. The van der Waals surface area contributed by atoms with Crippen molar-refractivity contribution in [1.29, 1.82) is 0 Å². The van der Waals surface area contributed by atoms with Crippen LogP contribution in [0.25, 0.3) is 0 Å². The maximum atomic E-state index is 12.7. The lowest BCUT2D eigenvalue weighted by atomic mass is 10.2. The van der Waals surface area contributed by atoms with Crippen molar-refractivity contribution in [3.8, 4) is 0 Å². The quantitative estimate of drug-likeness (QED) is 0.786. The van der Waals surface area contributed by atoms with Gasteiger partial charge in [-0.2, -0.15) is 9.40 Å². The van der Waals surface area contributed by atoms with Gasteiger partial charge in [-0.15, -0.1) is 0 Å². The number of amides is 1. The Morgan fingerprint density at radius 1 is 1.08 bits per heavy atom. The van der Waals surface area contributed by atoms with Gasteiger partial charge in [0.25, 0.3) is 0 Å². The van der Waals surface area contributed by atoms with Gasteiger partial charge in [0.15, 0.2) is 0 Å². The van der Waals surface area contributed by atoms with Crippen LogP contribution in [0.3, 0.4) is 0 Å². The Morgan fingerprint density at radius 3 is 2.31 bits per heavy atom. The molecule has 0 atom stereocenters. The van der Waals surface area contributed by atoms with Crippen LogP contribution in [0.15, 0.2) is 41.4 Å². The molecule has 8 heteroatoms. The summed E-state index contributed by atoms with van der Waals surface area (Å²) in [6.45, 7) is 3.43. The van der Waals surface area contributed by atoms with Crippen molar-refractivity contribution < 1.29 is 13.2 Å². The van der Waals surface area contributed by atoms with Crippen LogP contribution < -0.4 is 0 Å². The number of nitrogens with zero attached hydrogens (tertiary/aromatic N) is 4. The highest BCUT2D eigenvalue weighted by molar-refractivity contribution is 7.89. The van der Waals surface area contributed by atoms with Gasteiger partial charge in [-0.05, 0) is 31.5 Å². The Labute approximate surface area is 154 Å². The zero-order valence-electron chi connectivity index (χ0n) is 15.1. The maximum absolute atomic E-state index is 12.7. The van der Waals surface area contributed by atoms with E-state index in [1.54, 1.807) is 40.0 Å². The zero-order chi connectivity index (χ0) is 18.7. The van der Waals surface area contributed by atoms with E-state index in [9.17, 15) is 13.2 Å². The standard InChI is InChI=1S/C18H24N4O3S/c1-15-3-6-17(7-4-15)26(24,25)22-13-11-21(12-14-22)18(23)8-5-16-9-10-19-20(16)2/h3-4,6-7,9-10H,5,8,11-14H2,1-2H3. The molecule has 7 nitrogen and oxygen atoms in total. The summed E-state index contributed by atoms with van der Waals surface area (Å²) in [7, 11) is -1.64. The second kappa shape index (κ2) is 7.59. The van der Waals surface area contributed by atoms with Gasteiger partial charge in [-0.25, -0.2) is 8.42 Å². The first-order valence-electron chi connectivity index (χ1n) is 8.69. The number of rotatable bonds is 5.